The van der Waals surface area contributed by atoms with Gasteiger partial charge in [0.05, 0.1) is 0 Å². The number of anilines is 1. The highest BCUT2D eigenvalue weighted by molar-refractivity contribution is 7.90. The van der Waals surface area contributed by atoms with Crippen LogP contribution in [0.15, 0.2) is 18.2 Å². The number of aliphatic hydroxyl groups excluding tert-OH is 1. The first-order valence-electron chi connectivity index (χ1n) is 6.94. The van der Waals surface area contributed by atoms with Gasteiger partial charge in [-0.25, -0.2) is 8.42 Å². The number of benzene rings is 1. The Hall–Kier alpha value is -1.52. The molecule has 1 aromatic rings. The lowest BCUT2D eigenvalue weighted by molar-refractivity contribution is -0.163. The Balaban J connectivity index is 2.94. The van der Waals surface area contributed by atoms with Crippen LogP contribution in [0.5, 0.6) is 0 Å². The van der Waals surface area contributed by atoms with Crippen LogP contribution in [0.2, 0.25) is 0 Å². The summed E-state index contributed by atoms with van der Waals surface area (Å²) in [5, 5.41) is 12.4. The van der Waals surface area contributed by atoms with Gasteiger partial charge in [-0.05, 0) is 31.9 Å². The van der Waals surface area contributed by atoms with Gasteiger partial charge in [-0.1, -0.05) is 22.7 Å². The van der Waals surface area contributed by atoms with Crippen molar-refractivity contribution >= 4 is 21.6 Å². The van der Waals surface area contributed by atoms with E-state index in [1.807, 2.05) is 6.07 Å². The first-order chi connectivity index (χ1) is 10.8. The largest absolute Gasteiger partial charge is 0.368 e. The van der Waals surface area contributed by atoms with Crippen LogP contribution in [0, 0.1) is 13.8 Å². The number of rotatable bonds is 8. The van der Waals surface area contributed by atoms with E-state index < -0.39 is 21.4 Å². The first-order valence-corrected chi connectivity index (χ1v) is 8.44. The van der Waals surface area contributed by atoms with Crippen molar-refractivity contribution in [3.05, 3.63) is 29.3 Å². The van der Waals surface area contributed by atoms with E-state index in [9.17, 15) is 18.3 Å². The molecular weight excluding hydrogens is 324 g/mol. The quantitative estimate of drug-likeness (QED) is 0.531. The lowest BCUT2D eigenvalue weighted by atomic mass is 10.1. The molecule has 9 heteroatoms. The minimum Gasteiger partial charge on any atom is -0.368 e. The van der Waals surface area contributed by atoms with E-state index in [4.69, 9.17) is 4.84 Å². The molecule has 0 radical (unpaired) electrons. The highest BCUT2D eigenvalue weighted by atomic mass is 32.2. The van der Waals surface area contributed by atoms with Gasteiger partial charge in [0.1, 0.15) is 0 Å². The summed E-state index contributed by atoms with van der Waals surface area (Å²) < 4.78 is 29.6. The van der Waals surface area contributed by atoms with Crippen molar-refractivity contribution < 1.29 is 27.9 Å². The van der Waals surface area contributed by atoms with E-state index in [0.29, 0.717) is 10.2 Å². The zero-order valence-electron chi connectivity index (χ0n) is 13.6. The molecule has 2 N–H and O–H groups in total. The molecule has 0 bridgehead atoms. The van der Waals surface area contributed by atoms with Gasteiger partial charge in [0.2, 0.25) is 0 Å². The van der Waals surface area contributed by atoms with Crippen molar-refractivity contribution in [3.63, 3.8) is 0 Å². The van der Waals surface area contributed by atoms with Crippen molar-refractivity contribution in [2.75, 3.05) is 25.8 Å². The van der Waals surface area contributed by atoms with Crippen molar-refractivity contribution in [2.45, 2.75) is 26.2 Å². The molecule has 130 valence electrons. The SMILES string of the molecule is CCN(OCOC)S(=O)(=O)C(O)C(=O)Nc1c(C)cccc1C. The molecular formula is C14H22N2O6S. The van der Waals surface area contributed by atoms with Crippen LogP contribution < -0.4 is 5.32 Å². The second-order valence-corrected chi connectivity index (χ2v) is 6.69. The van der Waals surface area contributed by atoms with E-state index in [-0.39, 0.29) is 13.3 Å². The highest BCUT2D eigenvalue weighted by Crippen LogP contribution is 2.20. The molecule has 0 aliphatic rings. The minimum absolute atomic E-state index is 0.0839. The third kappa shape index (κ3) is 4.72. The van der Waals surface area contributed by atoms with Gasteiger partial charge in [0, 0.05) is 19.3 Å². The Kier molecular flexibility index (Phi) is 7.10. The zero-order valence-corrected chi connectivity index (χ0v) is 14.4. The Morgan fingerprint density at radius 1 is 1.35 bits per heavy atom. The lowest BCUT2D eigenvalue weighted by Gasteiger charge is -2.22. The van der Waals surface area contributed by atoms with Crippen molar-refractivity contribution in [1.29, 1.82) is 0 Å². The number of hydroxylamine groups is 1. The summed E-state index contributed by atoms with van der Waals surface area (Å²) in [5.41, 5.74) is -0.317. The molecule has 0 fully saturated rings. The molecule has 1 rings (SSSR count). The molecule has 23 heavy (non-hydrogen) atoms. The topological polar surface area (TPSA) is 105 Å². The van der Waals surface area contributed by atoms with E-state index >= 15 is 0 Å². The lowest BCUT2D eigenvalue weighted by Crippen LogP contribution is -2.45. The summed E-state index contributed by atoms with van der Waals surface area (Å²) in [6.07, 6.45) is 0. The molecule has 0 spiro atoms. The number of amides is 1. The van der Waals surface area contributed by atoms with E-state index in [2.05, 4.69) is 10.1 Å². The van der Waals surface area contributed by atoms with Crippen LogP contribution in [-0.4, -0.2) is 49.8 Å². The molecule has 1 amide bonds. The third-order valence-corrected chi connectivity index (χ3v) is 4.80. The maximum atomic E-state index is 12.2. The number of methoxy groups -OCH3 is 1. The van der Waals surface area contributed by atoms with Gasteiger partial charge in [-0.2, -0.15) is 0 Å². The van der Waals surface area contributed by atoms with Crippen molar-refractivity contribution in [1.82, 2.24) is 4.47 Å². The number of ether oxygens (including phenoxy) is 1. The van der Waals surface area contributed by atoms with Gasteiger partial charge in [-0.3, -0.25) is 9.63 Å². The summed E-state index contributed by atoms with van der Waals surface area (Å²) in [6, 6.07) is 5.35. The number of carbonyl (C=O) groups excluding carboxylic acids is 1. The summed E-state index contributed by atoms with van der Waals surface area (Å²) >= 11 is 0. The fraction of sp³-hybridized carbons (Fsp3) is 0.500. The first kappa shape index (κ1) is 19.5. The number of aryl methyl sites for hydroxylation is 2. The van der Waals surface area contributed by atoms with Gasteiger partial charge < -0.3 is 15.2 Å². The predicted molar refractivity (Wildman–Crippen MR) is 84.8 cm³/mol. The molecule has 1 aromatic carbocycles. The normalized spacial score (nSPS) is 13.1. The van der Waals surface area contributed by atoms with E-state index in [1.165, 1.54) is 14.0 Å². The number of hydrogen-bond donors (Lipinski definition) is 2. The maximum absolute atomic E-state index is 12.2. The van der Waals surface area contributed by atoms with E-state index in [1.54, 1.807) is 26.0 Å². The van der Waals surface area contributed by atoms with Crippen LogP contribution in [0.3, 0.4) is 0 Å². The number of hydrogen-bond acceptors (Lipinski definition) is 6. The predicted octanol–water partition coefficient (Wildman–Crippen LogP) is 0.748. The second kappa shape index (κ2) is 8.37. The second-order valence-electron chi connectivity index (χ2n) is 4.81. The Labute approximate surface area is 136 Å². The van der Waals surface area contributed by atoms with Gasteiger partial charge in [-0.15, -0.1) is 0 Å². The fourth-order valence-electron chi connectivity index (χ4n) is 1.90. The van der Waals surface area contributed by atoms with Crippen LogP contribution in [-0.2, 0) is 24.4 Å². The van der Waals surface area contributed by atoms with Crippen LogP contribution in [0.4, 0.5) is 5.69 Å². The number of para-hydroxylation sites is 1. The van der Waals surface area contributed by atoms with Crippen LogP contribution in [0.1, 0.15) is 18.1 Å². The zero-order chi connectivity index (χ0) is 17.6. The number of sulfonamides is 1. The van der Waals surface area contributed by atoms with E-state index in [0.717, 1.165) is 11.1 Å². The summed E-state index contributed by atoms with van der Waals surface area (Å²) in [6.45, 7) is 4.63. The number of carbonyl (C=O) groups is 1. The number of nitrogens with zero attached hydrogens (tertiary/aromatic N) is 1. The Morgan fingerprint density at radius 3 is 2.39 bits per heavy atom. The average molecular weight is 346 g/mol. The van der Waals surface area contributed by atoms with Crippen LogP contribution in [0.25, 0.3) is 0 Å². The molecule has 8 nitrogen and oxygen atoms in total. The smallest absolute Gasteiger partial charge is 0.272 e. The number of nitrogens with one attached hydrogen (secondary N) is 1. The van der Waals surface area contributed by atoms with Crippen LogP contribution >= 0.6 is 0 Å². The summed E-state index contributed by atoms with van der Waals surface area (Å²) in [7, 11) is -3.07. The fourth-order valence-corrected chi connectivity index (χ4v) is 3.00. The molecule has 0 saturated heterocycles. The molecule has 0 saturated carbocycles. The average Bonchev–Trinajstić information content (AvgIpc) is 2.50. The number of aliphatic hydroxyl groups is 1. The van der Waals surface area contributed by atoms with Gasteiger partial charge in [0.25, 0.3) is 21.4 Å². The maximum Gasteiger partial charge on any atom is 0.272 e. The molecule has 0 aromatic heterocycles. The monoisotopic (exact) mass is 346 g/mol. The molecule has 0 aliphatic carbocycles. The van der Waals surface area contributed by atoms with Gasteiger partial charge >= 0.3 is 0 Å². The molecule has 1 atom stereocenters. The van der Waals surface area contributed by atoms with Crippen molar-refractivity contribution in [3.8, 4) is 0 Å². The summed E-state index contributed by atoms with van der Waals surface area (Å²) in [5.74, 6) is -1.05. The third-order valence-electron chi connectivity index (χ3n) is 3.09. The Bertz CT molecular complexity index is 626. The minimum atomic E-state index is -4.39. The summed E-state index contributed by atoms with van der Waals surface area (Å²) in [4.78, 5) is 17.0. The molecule has 0 heterocycles. The highest BCUT2D eigenvalue weighted by Gasteiger charge is 2.36. The molecule has 0 aliphatic heterocycles. The molecule has 1 unspecified atom stereocenters. The Morgan fingerprint density at radius 2 is 1.91 bits per heavy atom. The van der Waals surface area contributed by atoms with Crippen molar-refractivity contribution in [2.24, 2.45) is 0 Å². The standard InChI is InChI=1S/C14H22N2O6S/c1-5-16(22-9-21-4)23(19,20)14(18)13(17)15-12-10(2)7-6-8-11(12)3/h6-8,14,18H,5,9H2,1-4H3,(H,15,17). The van der Waals surface area contributed by atoms with Gasteiger partial charge in [0.15, 0.2) is 6.79 Å².